The fourth-order valence-electron chi connectivity index (χ4n) is 4.92. The van der Waals surface area contributed by atoms with Crippen molar-refractivity contribution in [2.75, 3.05) is 46.3 Å². The summed E-state index contributed by atoms with van der Waals surface area (Å²) in [6.07, 6.45) is 12.8. The normalized spacial score (nSPS) is 29.2. The lowest BCUT2D eigenvalue weighted by Gasteiger charge is -2.58. The first-order chi connectivity index (χ1) is 10.7. The van der Waals surface area contributed by atoms with Crippen LogP contribution in [0.1, 0.15) is 51.4 Å². The van der Waals surface area contributed by atoms with Crippen molar-refractivity contribution in [1.82, 2.24) is 14.7 Å². The number of nitrogens with zero attached hydrogens (tertiary/aromatic N) is 3. The van der Waals surface area contributed by atoms with Gasteiger partial charge >= 0.3 is 0 Å². The first kappa shape index (κ1) is 16.3. The van der Waals surface area contributed by atoms with Crippen LogP contribution in [0.5, 0.6) is 0 Å². The molecule has 1 saturated carbocycles. The van der Waals surface area contributed by atoms with Gasteiger partial charge in [0.25, 0.3) is 0 Å². The monoisotopic (exact) mass is 307 g/mol. The molecule has 126 valence electrons. The lowest BCUT2D eigenvalue weighted by atomic mass is 9.73. The molecule has 4 nitrogen and oxygen atoms in total. The van der Waals surface area contributed by atoms with E-state index < -0.39 is 0 Å². The van der Waals surface area contributed by atoms with E-state index in [0.29, 0.717) is 5.41 Å². The third kappa shape index (κ3) is 3.83. The average Bonchev–Trinajstić information content (AvgIpc) is 2.52. The number of rotatable bonds is 2. The molecule has 0 atom stereocenters. The molecule has 0 aromatic carbocycles. The van der Waals surface area contributed by atoms with Gasteiger partial charge in [0, 0.05) is 37.6 Å². The summed E-state index contributed by atoms with van der Waals surface area (Å²) >= 11 is 0. The second kappa shape index (κ2) is 7.31. The molecule has 0 N–H and O–H groups in total. The zero-order valence-electron chi connectivity index (χ0n) is 14.3. The molecule has 3 heterocycles. The number of amides is 1. The van der Waals surface area contributed by atoms with Gasteiger partial charge in [0.2, 0.25) is 6.41 Å². The zero-order valence-corrected chi connectivity index (χ0v) is 14.3. The summed E-state index contributed by atoms with van der Waals surface area (Å²) in [6, 6.07) is 0.971. The minimum Gasteiger partial charge on any atom is -0.344 e. The van der Waals surface area contributed by atoms with Gasteiger partial charge in [-0.1, -0.05) is 25.7 Å². The number of carbonyl (C=O) groups is 1. The molecule has 22 heavy (non-hydrogen) atoms. The van der Waals surface area contributed by atoms with Gasteiger partial charge in [0.1, 0.15) is 0 Å². The minimum absolute atomic E-state index is 0.510. The summed E-state index contributed by atoms with van der Waals surface area (Å²) in [5, 5.41) is 0. The largest absolute Gasteiger partial charge is 0.344 e. The van der Waals surface area contributed by atoms with E-state index >= 15 is 0 Å². The van der Waals surface area contributed by atoms with Crippen molar-refractivity contribution in [2.24, 2.45) is 5.41 Å². The Labute approximate surface area is 135 Å². The Morgan fingerprint density at radius 1 is 0.864 bits per heavy atom. The van der Waals surface area contributed by atoms with Crippen LogP contribution in [-0.2, 0) is 4.79 Å². The molecule has 4 heteroatoms. The topological polar surface area (TPSA) is 26.8 Å². The zero-order chi connectivity index (χ0) is 15.4. The van der Waals surface area contributed by atoms with Crippen LogP contribution in [-0.4, -0.2) is 73.5 Å². The fraction of sp³-hybridized carbons (Fsp3) is 0.944. The lowest BCUT2D eigenvalue weighted by molar-refractivity contribution is -0.143. The standard InChI is InChI=1S/C11H21N.C7H12N2O/c1-3-7-11(8-4-1)12-9-5-2-6-10-12;1-8-2-7(3-8)4-9(5-7)6-10/h11H,1-10H2;6H,2-5H2,1H3. The van der Waals surface area contributed by atoms with Crippen LogP contribution in [0.15, 0.2) is 0 Å². The SMILES string of the molecule is C1CCC(N2CCCCC2)CC1.CN1CC2(C1)CN(C=O)C2. The minimum atomic E-state index is 0.510. The number of piperidine rings is 1. The van der Waals surface area contributed by atoms with Crippen LogP contribution in [0, 0.1) is 5.41 Å². The van der Waals surface area contributed by atoms with Gasteiger partial charge in [-0.25, -0.2) is 0 Å². The molecule has 3 saturated heterocycles. The van der Waals surface area contributed by atoms with Crippen LogP contribution in [0.4, 0.5) is 0 Å². The van der Waals surface area contributed by atoms with Gasteiger partial charge in [0.05, 0.1) is 0 Å². The smallest absolute Gasteiger partial charge is 0.209 e. The van der Waals surface area contributed by atoms with Gasteiger partial charge < -0.3 is 14.7 Å². The molecule has 0 radical (unpaired) electrons. The maximum Gasteiger partial charge on any atom is 0.209 e. The third-order valence-corrected chi connectivity index (χ3v) is 5.92. The van der Waals surface area contributed by atoms with E-state index in [1.54, 1.807) is 0 Å². The summed E-state index contributed by atoms with van der Waals surface area (Å²) < 4.78 is 0. The maximum absolute atomic E-state index is 10.2. The Kier molecular flexibility index (Phi) is 5.40. The number of likely N-dealkylation sites (tertiary alicyclic amines) is 3. The molecule has 1 amide bonds. The highest BCUT2D eigenvalue weighted by molar-refractivity contribution is 5.49. The van der Waals surface area contributed by atoms with E-state index in [-0.39, 0.29) is 0 Å². The van der Waals surface area contributed by atoms with Crippen LogP contribution in [0.3, 0.4) is 0 Å². The molecule has 3 aliphatic heterocycles. The molecule has 0 bridgehead atoms. The van der Waals surface area contributed by atoms with E-state index in [9.17, 15) is 4.79 Å². The van der Waals surface area contributed by atoms with E-state index in [1.165, 1.54) is 77.5 Å². The summed E-state index contributed by atoms with van der Waals surface area (Å²) in [4.78, 5) is 17.1. The average molecular weight is 307 g/mol. The summed E-state index contributed by atoms with van der Waals surface area (Å²) in [7, 11) is 2.12. The Morgan fingerprint density at radius 3 is 2.00 bits per heavy atom. The van der Waals surface area contributed by atoms with Crippen molar-refractivity contribution in [3.63, 3.8) is 0 Å². The van der Waals surface area contributed by atoms with Crippen LogP contribution in [0.2, 0.25) is 0 Å². The third-order valence-electron chi connectivity index (χ3n) is 5.92. The Hall–Kier alpha value is -0.610. The van der Waals surface area contributed by atoms with Crippen LogP contribution in [0.25, 0.3) is 0 Å². The molecule has 4 aliphatic rings. The van der Waals surface area contributed by atoms with E-state index in [2.05, 4.69) is 16.8 Å². The number of hydrogen-bond acceptors (Lipinski definition) is 3. The van der Waals surface area contributed by atoms with Crippen molar-refractivity contribution in [1.29, 1.82) is 0 Å². The molecule has 0 aromatic heterocycles. The maximum atomic E-state index is 10.2. The van der Waals surface area contributed by atoms with E-state index in [0.717, 1.165) is 25.5 Å². The first-order valence-corrected chi connectivity index (χ1v) is 9.33. The lowest BCUT2D eigenvalue weighted by Crippen LogP contribution is -2.70. The number of carbonyl (C=O) groups excluding carboxylic acids is 1. The molecule has 0 aromatic rings. The summed E-state index contributed by atoms with van der Waals surface area (Å²) in [5.41, 5.74) is 0.510. The highest BCUT2D eigenvalue weighted by Gasteiger charge is 2.49. The van der Waals surface area contributed by atoms with Gasteiger partial charge in [-0.05, 0) is 45.8 Å². The Balaban J connectivity index is 0.000000133. The van der Waals surface area contributed by atoms with Gasteiger partial charge in [-0.15, -0.1) is 0 Å². The second-order valence-corrected chi connectivity index (χ2v) is 8.07. The second-order valence-electron chi connectivity index (χ2n) is 8.07. The van der Waals surface area contributed by atoms with Crippen molar-refractivity contribution in [3.05, 3.63) is 0 Å². The Bertz CT molecular complexity index is 331. The van der Waals surface area contributed by atoms with Crippen LogP contribution < -0.4 is 0 Å². The number of hydrogen-bond donors (Lipinski definition) is 0. The van der Waals surface area contributed by atoms with Gasteiger partial charge in [-0.3, -0.25) is 4.79 Å². The first-order valence-electron chi connectivity index (χ1n) is 9.33. The highest BCUT2D eigenvalue weighted by Crippen LogP contribution is 2.37. The van der Waals surface area contributed by atoms with E-state index in [1.807, 2.05) is 4.90 Å². The summed E-state index contributed by atoms with van der Waals surface area (Å²) in [5.74, 6) is 0. The molecule has 1 aliphatic carbocycles. The molecule has 0 unspecified atom stereocenters. The molecular formula is C18H33N3O. The molecule has 4 fully saturated rings. The van der Waals surface area contributed by atoms with Crippen molar-refractivity contribution in [2.45, 2.75) is 57.4 Å². The molecular weight excluding hydrogens is 274 g/mol. The Morgan fingerprint density at radius 2 is 1.45 bits per heavy atom. The van der Waals surface area contributed by atoms with Crippen LogP contribution >= 0.6 is 0 Å². The fourth-order valence-corrected chi connectivity index (χ4v) is 4.92. The highest BCUT2D eigenvalue weighted by atomic mass is 16.1. The van der Waals surface area contributed by atoms with Crippen molar-refractivity contribution < 1.29 is 4.79 Å². The van der Waals surface area contributed by atoms with Crippen molar-refractivity contribution >= 4 is 6.41 Å². The molecule has 4 rings (SSSR count). The van der Waals surface area contributed by atoms with Crippen molar-refractivity contribution in [3.8, 4) is 0 Å². The molecule has 1 spiro atoms. The van der Waals surface area contributed by atoms with E-state index in [4.69, 9.17) is 0 Å². The predicted octanol–water partition coefficient (Wildman–Crippen LogP) is 2.20. The predicted molar refractivity (Wildman–Crippen MR) is 89.9 cm³/mol. The quantitative estimate of drug-likeness (QED) is 0.732. The summed E-state index contributed by atoms with van der Waals surface area (Å²) in [6.45, 7) is 7.12. The van der Waals surface area contributed by atoms with Gasteiger partial charge in [0.15, 0.2) is 0 Å². The van der Waals surface area contributed by atoms with Gasteiger partial charge in [-0.2, -0.15) is 0 Å².